The third-order valence-corrected chi connectivity index (χ3v) is 2.52. The lowest BCUT2D eigenvalue weighted by Gasteiger charge is -2.00. The van der Waals surface area contributed by atoms with Gasteiger partial charge in [0.1, 0.15) is 5.82 Å². The molecule has 0 atom stereocenters. The molecule has 18 heavy (non-hydrogen) atoms. The SMILES string of the molecule is O=C(O)c1ccccc1C=Cc1ccc(F)cc1. The van der Waals surface area contributed by atoms with Gasteiger partial charge in [0, 0.05) is 0 Å². The second-order valence-electron chi connectivity index (χ2n) is 3.78. The average Bonchev–Trinajstić information content (AvgIpc) is 2.38. The van der Waals surface area contributed by atoms with Gasteiger partial charge in [0.15, 0.2) is 0 Å². The van der Waals surface area contributed by atoms with Crippen LogP contribution >= 0.6 is 0 Å². The summed E-state index contributed by atoms with van der Waals surface area (Å²) in [5, 5.41) is 9.02. The van der Waals surface area contributed by atoms with E-state index in [1.807, 2.05) is 0 Å². The number of benzene rings is 2. The minimum absolute atomic E-state index is 0.246. The fraction of sp³-hybridized carbons (Fsp3) is 0. The number of carboxylic acid groups (broad SMARTS) is 1. The van der Waals surface area contributed by atoms with Crippen molar-refractivity contribution in [1.29, 1.82) is 0 Å². The number of hydrogen-bond acceptors (Lipinski definition) is 1. The van der Waals surface area contributed by atoms with Crippen LogP contribution in [0.1, 0.15) is 21.5 Å². The molecule has 0 amide bonds. The van der Waals surface area contributed by atoms with E-state index in [9.17, 15) is 9.18 Å². The Balaban J connectivity index is 2.29. The van der Waals surface area contributed by atoms with Crippen LogP contribution in [0.25, 0.3) is 12.2 Å². The molecule has 2 nitrogen and oxygen atoms in total. The molecule has 2 aromatic carbocycles. The van der Waals surface area contributed by atoms with Crippen molar-refractivity contribution in [2.45, 2.75) is 0 Å². The molecule has 0 aliphatic carbocycles. The maximum Gasteiger partial charge on any atom is 0.336 e. The van der Waals surface area contributed by atoms with Gasteiger partial charge in [0.25, 0.3) is 0 Å². The molecule has 3 heteroatoms. The van der Waals surface area contributed by atoms with Crippen molar-refractivity contribution in [3.05, 3.63) is 71.0 Å². The first kappa shape index (κ1) is 12.0. The maximum absolute atomic E-state index is 12.7. The highest BCUT2D eigenvalue weighted by Gasteiger charge is 2.05. The van der Waals surface area contributed by atoms with Gasteiger partial charge in [-0.3, -0.25) is 0 Å². The number of aromatic carboxylic acids is 1. The Morgan fingerprint density at radius 3 is 2.33 bits per heavy atom. The second-order valence-corrected chi connectivity index (χ2v) is 3.78. The molecule has 0 saturated carbocycles. The zero-order chi connectivity index (χ0) is 13.0. The Hall–Kier alpha value is -2.42. The van der Waals surface area contributed by atoms with Gasteiger partial charge in [-0.2, -0.15) is 0 Å². The van der Waals surface area contributed by atoms with Crippen LogP contribution in [0.2, 0.25) is 0 Å². The fourth-order valence-corrected chi connectivity index (χ4v) is 1.60. The summed E-state index contributed by atoms with van der Waals surface area (Å²) in [7, 11) is 0. The first-order valence-corrected chi connectivity index (χ1v) is 5.43. The fourth-order valence-electron chi connectivity index (χ4n) is 1.60. The highest BCUT2D eigenvalue weighted by atomic mass is 19.1. The Morgan fingerprint density at radius 2 is 1.67 bits per heavy atom. The van der Waals surface area contributed by atoms with Crippen molar-refractivity contribution in [3.8, 4) is 0 Å². The second kappa shape index (κ2) is 5.27. The topological polar surface area (TPSA) is 37.3 Å². The van der Waals surface area contributed by atoms with Gasteiger partial charge in [-0.05, 0) is 29.3 Å². The Bertz CT molecular complexity index is 586. The third kappa shape index (κ3) is 2.83. The van der Waals surface area contributed by atoms with Gasteiger partial charge >= 0.3 is 5.97 Å². The van der Waals surface area contributed by atoms with Crippen LogP contribution in [0.15, 0.2) is 48.5 Å². The molecule has 2 aromatic rings. The van der Waals surface area contributed by atoms with Crippen molar-refractivity contribution in [2.75, 3.05) is 0 Å². The number of hydrogen-bond donors (Lipinski definition) is 1. The van der Waals surface area contributed by atoms with E-state index < -0.39 is 5.97 Å². The van der Waals surface area contributed by atoms with E-state index in [2.05, 4.69) is 0 Å². The standard InChI is InChI=1S/C15H11FO2/c16-13-9-6-11(7-10-13)5-8-12-3-1-2-4-14(12)15(17)18/h1-10H,(H,17,18). The van der Waals surface area contributed by atoms with E-state index in [-0.39, 0.29) is 11.4 Å². The van der Waals surface area contributed by atoms with E-state index in [0.717, 1.165) is 5.56 Å². The minimum Gasteiger partial charge on any atom is -0.478 e. The van der Waals surface area contributed by atoms with Gasteiger partial charge in [-0.25, -0.2) is 9.18 Å². The molecular formula is C15H11FO2. The normalized spacial score (nSPS) is 10.7. The van der Waals surface area contributed by atoms with E-state index in [1.165, 1.54) is 12.1 Å². The molecule has 0 aliphatic rings. The monoisotopic (exact) mass is 242 g/mol. The van der Waals surface area contributed by atoms with Crippen LogP contribution in [0.3, 0.4) is 0 Å². The first-order valence-electron chi connectivity index (χ1n) is 5.43. The Kier molecular flexibility index (Phi) is 3.53. The summed E-state index contributed by atoms with van der Waals surface area (Å²) in [5.74, 6) is -1.26. The van der Waals surface area contributed by atoms with Crippen LogP contribution in [-0.4, -0.2) is 11.1 Å². The Labute approximate surface area is 104 Å². The molecule has 1 N–H and O–H groups in total. The molecule has 0 aliphatic heterocycles. The zero-order valence-electron chi connectivity index (χ0n) is 9.51. The lowest BCUT2D eigenvalue weighted by atomic mass is 10.1. The smallest absolute Gasteiger partial charge is 0.336 e. The average molecular weight is 242 g/mol. The van der Waals surface area contributed by atoms with Crippen molar-refractivity contribution < 1.29 is 14.3 Å². The van der Waals surface area contributed by atoms with E-state index in [1.54, 1.807) is 48.6 Å². The summed E-state index contributed by atoms with van der Waals surface area (Å²) in [4.78, 5) is 11.0. The highest BCUT2D eigenvalue weighted by Crippen LogP contribution is 2.13. The molecule has 0 radical (unpaired) electrons. The van der Waals surface area contributed by atoms with Gasteiger partial charge in [-0.15, -0.1) is 0 Å². The molecule has 0 fully saturated rings. The quantitative estimate of drug-likeness (QED) is 0.833. The predicted octanol–water partition coefficient (Wildman–Crippen LogP) is 3.69. The molecule has 0 aromatic heterocycles. The largest absolute Gasteiger partial charge is 0.478 e. The third-order valence-electron chi connectivity index (χ3n) is 2.52. The number of carbonyl (C=O) groups is 1. The predicted molar refractivity (Wildman–Crippen MR) is 68.7 cm³/mol. The van der Waals surface area contributed by atoms with Gasteiger partial charge in [-0.1, -0.05) is 42.5 Å². The van der Waals surface area contributed by atoms with Crippen LogP contribution in [-0.2, 0) is 0 Å². The first-order chi connectivity index (χ1) is 8.66. The highest BCUT2D eigenvalue weighted by molar-refractivity contribution is 5.93. The van der Waals surface area contributed by atoms with Gasteiger partial charge < -0.3 is 5.11 Å². The molecule has 0 unspecified atom stereocenters. The zero-order valence-corrected chi connectivity index (χ0v) is 9.51. The summed E-state index contributed by atoms with van der Waals surface area (Å²) in [6.45, 7) is 0. The molecule has 0 spiro atoms. The molecule has 0 saturated heterocycles. The maximum atomic E-state index is 12.7. The van der Waals surface area contributed by atoms with E-state index in [0.29, 0.717) is 5.56 Å². The van der Waals surface area contributed by atoms with Crippen LogP contribution < -0.4 is 0 Å². The van der Waals surface area contributed by atoms with Crippen molar-refractivity contribution >= 4 is 18.1 Å². The van der Waals surface area contributed by atoms with E-state index in [4.69, 9.17) is 5.11 Å². The lowest BCUT2D eigenvalue weighted by molar-refractivity contribution is 0.0696. The summed E-state index contributed by atoms with van der Waals surface area (Å²) < 4.78 is 12.7. The number of rotatable bonds is 3. The van der Waals surface area contributed by atoms with Crippen LogP contribution in [0, 0.1) is 5.82 Å². The summed E-state index contributed by atoms with van der Waals surface area (Å²) in [6.07, 6.45) is 3.46. The van der Waals surface area contributed by atoms with Crippen LogP contribution in [0.5, 0.6) is 0 Å². The van der Waals surface area contributed by atoms with Gasteiger partial charge in [0.2, 0.25) is 0 Å². The number of carboxylic acids is 1. The summed E-state index contributed by atoms with van der Waals surface area (Å²) >= 11 is 0. The summed E-state index contributed by atoms with van der Waals surface area (Å²) in [6, 6.07) is 12.7. The number of halogens is 1. The van der Waals surface area contributed by atoms with Gasteiger partial charge in [0.05, 0.1) is 5.56 Å². The van der Waals surface area contributed by atoms with Crippen molar-refractivity contribution in [2.24, 2.45) is 0 Å². The lowest BCUT2D eigenvalue weighted by Crippen LogP contribution is -1.98. The van der Waals surface area contributed by atoms with Crippen LogP contribution in [0.4, 0.5) is 4.39 Å². The molecular weight excluding hydrogens is 231 g/mol. The van der Waals surface area contributed by atoms with Crippen molar-refractivity contribution in [3.63, 3.8) is 0 Å². The summed E-state index contributed by atoms with van der Waals surface area (Å²) in [5.41, 5.74) is 1.68. The Morgan fingerprint density at radius 1 is 1.00 bits per heavy atom. The van der Waals surface area contributed by atoms with Crippen molar-refractivity contribution in [1.82, 2.24) is 0 Å². The molecule has 2 rings (SSSR count). The molecule has 0 heterocycles. The molecule has 90 valence electrons. The minimum atomic E-state index is -0.964. The van der Waals surface area contributed by atoms with E-state index >= 15 is 0 Å². The molecule has 0 bridgehead atoms.